The Labute approximate surface area is 149 Å². The summed E-state index contributed by atoms with van der Waals surface area (Å²) in [5.41, 5.74) is 2.24. The highest BCUT2D eigenvalue weighted by atomic mass is 35.5. The van der Waals surface area contributed by atoms with Gasteiger partial charge < -0.3 is 9.84 Å². The Hall–Kier alpha value is -2.79. The molecule has 3 rings (SSSR count). The van der Waals surface area contributed by atoms with Gasteiger partial charge in [0.2, 0.25) is 0 Å². The summed E-state index contributed by atoms with van der Waals surface area (Å²) in [7, 11) is 1.52. The lowest BCUT2D eigenvalue weighted by molar-refractivity contribution is -0.136. The van der Waals surface area contributed by atoms with Gasteiger partial charge in [0, 0.05) is 21.7 Å². The minimum Gasteiger partial charge on any atom is -0.496 e. The van der Waals surface area contributed by atoms with Gasteiger partial charge in [0.25, 0.3) is 5.91 Å². The number of carbonyl (C=O) groups excluding carboxylic acids is 1. The van der Waals surface area contributed by atoms with Crippen molar-refractivity contribution in [3.8, 4) is 5.75 Å². The summed E-state index contributed by atoms with van der Waals surface area (Å²) in [6.07, 6.45) is -0.191. The van der Waals surface area contributed by atoms with Crippen LogP contribution in [0, 0.1) is 6.92 Å². The zero-order valence-corrected chi connectivity index (χ0v) is 14.5. The average Bonchev–Trinajstić information content (AvgIpc) is 2.86. The minimum absolute atomic E-state index is 0.191. The van der Waals surface area contributed by atoms with E-state index in [4.69, 9.17) is 16.3 Å². The summed E-state index contributed by atoms with van der Waals surface area (Å²) in [5.74, 6) is -0.671. The second-order valence-electron chi connectivity index (χ2n) is 5.64. The quantitative estimate of drug-likeness (QED) is 0.768. The number of nitrogens with zero attached hydrogens (tertiary/aromatic N) is 1. The number of benzene rings is 2. The van der Waals surface area contributed by atoms with E-state index in [1.54, 1.807) is 49.4 Å². The molecule has 0 fully saturated rings. The standard InChI is InChI=1S/C19H16ClNO4/c1-11-14(10-17(22)23)18-15(4-3-5-16(18)25-2)21(11)19(24)12-6-8-13(20)9-7-12/h3-9H,10H2,1-2H3,(H,22,23). The van der Waals surface area contributed by atoms with Crippen molar-refractivity contribution < 1.29 is 19.4 Å². The van der Waals surface area contributed by atoms with Gasteiger partial charge in [-0.15, -0.1) is 0 Å². The van der Waals surface area contributed by atoms with Crippen LogP contribution in [0.1, 0.15) is 21.6 Å². The molecule has 6 heteroatoms. The van der Waals surface area contributed by atoms with Crippen molar-refractivity contribution in [2.45, 2.75) is 13.3 Å². The van der Waals surface area contributed by atoms with E-state index in [9.17, 15) is 14.7 Å². The van der Waals surface area contributed by atoms with Gasteiger partial charge in [-0.1, -0.05) is 17.7 Å². The van der Waals surface area contributed by atoms with E-state index in [0.29, 0.717) is 38.5 Å². The molecule has 0 amide bonds. The van der Waals surface area contributed by atoms with E-state index in [0.717, 1.165) is 0 Å². The average molecular weight is 358 g/mol. The van der Waals surface area contributed by atoms with Crippen LogP contribution in [0.3, 0.4) is 0 Å². The Morgan fingerprint density at radius 3 is 2.44 bits per heavy atom. The smallest absolute Gasteiger partial charge is 0.307 e. The zero-order chi connectivity index (χ0) is 18.1. The SMILES string of the molecule is COc1cccc2c1c(CC(=O)O)c(C)n2C(=O)c1ccc(Cl)cc1. The normalized spacial score (nSPS) is 10.8. The lowest BCUT2D eigenvalue weighted by Crippen LogP contribution is -2.14. The predicted molar refractivity (Wildman–Crippen MR) is 95.7 cm³/mol. The molecule has 0 saturated carbocycles. The maximum Gasteiger partial charge on any atom is 0.307 e. The first-order valence-electron chi connectivity index (χ1n) is 7.63. The van der Waals surface area contributed by atoms with E-state index in [1.807, 2.05) is 0 Å². The van der Waals surface area contributed by atoms with Crippen LogP contribution in [0.25, 0.3) is 10.9 Å². The van der Waals surface area contributed by atoms with Crippen LogP contribution < -0.4 is 4.74 Å². The van der Waals surface area contributed by atoms with Crippen LogP contribution in [0.2, 0.25) is 5.02 Å². The molecule has 0 bridgehead atoms. The van der Waals surface area contributed by atoms with Gasteiger partial charge in [-0.2, -0.15) is 0 Å². The van der Waals surface area contributed by atoms with Crippen molar-refractivity contribution in [1.29, 1.82) is 0 Å². The van der Waals surface area contributed by atoms with Crippen molar-refractivity contribution in [2.75, 3.05) is 7.11 Å². The fourth-order valence-electron chi connectivity index (χ4n) is 3.03. The van der Waals surface area contributed by atoms with Crippen LogP contribution in [-0.2, 0) is 11.2 Å². The first-order valence-corrected chi connectivity index (χ1v) is 8.00. The summed E-state index contributed by atoms with van der Waals surface area (Å²) in [6.45, 7) is 1.74. The Morgan fingerprint density at radius 1 is 1.16 bits per heavy atom. The Kier molecular flexibility index (Phi) is 4.51. The van der Waals surface area contributed by atoms with Gasteiger partial charge in [0.05, 0.1) is 19.0 Å². The summed E-state index contributed by atoms with van der Waals surface area (Å²) >= 11 is 5.89. The molecule has 5 nitrogen and oxygen atoms in total. The highest BCUT2D eigenvalue weighted by Crippen LogP contribution is 2.34. The number of carbonyl (C=O) groups is 2. The molecule has 0 unspecified atom stereocenters. The fourth-order valence-corrected chi connectivity index (χ4v) is 3.15. The monoisotopic (exact) mass is 357 g/mol. The molecule has 0 aliphatic rings. The summed E-state index contributed by atoms with van der Waals surface area (Å²) < 4.78 is 6.91. The first-order chi connectivity index (χ1) is 11.9. The largest absolute Gasteiger partial charge is 0.496 e. The maximum atomic E-state index is 13.0. The number of hydrogen-bond donors (Lipinski definition) is 1. The number of hydrogen-bond acceptors (Lipinski definition) is 3. The summed E-state index contributed by atoms with van der Waals surface area (Å²) in [5, 5.41) is 10.4. The number of carboxylic acid groups (broad SMARTS) is 1. The van der Waals surface area contributed by atoms with Crippen molar-refractivity contribution in [1.82, 2.24) is 4.57 Å². The van der Waals surface area contributed by atoms with Gasteiger partial charge in [0.1, 0.15) is 5.75 Å². The number of aliphatic carboxylic acids is 1. The number of rotatable bonds is 4. The van der Waals surface area contributed by atoms with Gasteiger partial charge in [0.15, 0.2) is 0 Å². The minimum atomic E-state index is -0.966. The number of methoxy groups -OCH3 is 1. The van der Waals surface area contributed by atoms with Gasteiger partial charge in [-0.05, 0) is 48.9 Å². The van der Waals surface area contributed by atoms with Crippen LogP contribution in [-0.4, -0.2) is 28.7 Å². The Morgan fingerprint density at radius 2 is 1.84 bits per heavy atom. The highest BCUT2D eigenvalue weighted by Gasteiger charge is 2.23. The van der Waals surface area contributed by atoms with Crippen LogP contribution in [0.15, 0.2) is 42.5 Å². The third-order valence-electron chi connectivity index (χ3n) is 4.16. The van der Waals surface area contributed by atoms with Crippen molar-refractivity contribution >= 4 is 34.4 Å². The topological polar surface area (TPSA) is 68.5 Å². The first kappa shape index (κ1) is 17.0. The number of carboxylic acids is 1. The summed E-state index contributed by atoms with van der Waals surface area (Å²) in [4.78, 5) is 24.3. The van der Waals surface area contributed by atoms with Crippen LogP contribution in [0.4, 0.5) is 0 Å². The summed E-state index contributed by atoms with van der Waals surface area (Å²) in [6, 6.07) is 11.9. The molecule has 0 aliphatic carbocycles. The van der Waals surface area contributed by atoms with E-state index in [-0.39, 0.29) is 12.3 Å². The third-order valence-corrected chi connectivity index (χ3v) is 4.41. The molecule has 0 saturated heterocycles. The molecular formula is C19H16ClNO4. The number of ether oxygens (including phenoxy) is 1. The molecule has 0 spiro atoms. The van der Waals surface area contributed by atoms with Crippen LogP contribution >= 0.6 is 11.6 Å². The van der Waals surface area contributed by atoms with Gasteiger partial charge in [-0.3, -0.25) is 14.2 Å². The second kappa shape index (κ2) is 6.61. The number of aromatic nitrogens is 1. The van der Waals surface area contributed by atoms with E-state index in [2.05, 4.69) is 0 Å². The Balaban J connectivity index is 2.28. The van der Waals surface area contributed by atoms with Crippen molar-refractivity contribution in [3.05, 3.63) is 64.3 Å². The molecule has 25 heavy (non-hydrogen) atoms. The molecule has 1 N–H and O–H groups in total. The van der Waals surface area contributed by atoms with E-state index >= 15 is 0 Å². The molecule has 1 aromatic heterocycles. The maximum absolute atomic E-state index is 13.0. The molecule has 128 valence electrons. The lowest BCUT2D eigenvalue weighted by atomic mass is 10.1. The lowest BCUT2D eigenvalue weighted by Gasteiger charge is -2.08. The molecule has 2 aromatic carbocycles. The highest BCUT2D eigenvalue weighted by molar-refractivity contribution is 6.30. The molecule has 0 radical (unpaired) electrons. The predicted octanol–water partition coefficient (Wildman–Crippen LogP) is 3.93. The van der Waals surface area contributed by atoms with Gasteiger partial charge >= 0.3 is 5.97 Å². The van der Waals surface area contributed by atoms with Crippen molar-refractivity contribution in [2.24, 2.45) is 0 Å². The van der Waals surface area contributed by atoms with Crippen LogP contribution in [0.5, 0.6) is 5.75 Å². The number of halogens is 1. The second-order valence-corrected chi connectivity index (χ2v) is 6.07. The molecular weight excluding hydrogens is 342 g/mol. The number of fused-ring (bicyclic) bond motifs is 1. The molecule has 0 atom stereocenters. The van der Waals surface area contributed by atoms with Crippen molar-refractivity contribution in [3.63, 3.8) is 0 Å². The van der Waals surface area contributed by atoms with E-state index in [1.165, 1.54) is 11.7 Å². The zero-order valence-electron chi connectivity index (χ0n) is 13.7. The molecule has 3 aromatic rings. The fraction of sp³-hybridized carbons (Fsp3) is 0.158. The molecule has 0 aliphatic heterocycles. The van der Waals surface area contributed by atoms with E-state index < -0.39 is 5.97 Å². The molecule has 1 heterocycles. The third kappa shape index (κ3) is 2.98. The van der Waals surface area contributed by atoms with Gasteiger partial charge in [-0.25, -0.2) is 0 Å². The Bertz CT molecular complexity index is 973.